The zero-order valence-electron chi connectivity index (χ0n) is 15.0. The molecule has 6 unspecified atom stereocenters. The molecule has 3 nitrogen and oxygen atoms in total. The molecular weight excluding hydrogens is 312 g/mol. The summed E-state index contributed by atoms with van der Waals surface area (Å²) in [6, 6.07) is 10.5. The van der Waals surface area contributed by atoms with Crippen LogP contribution in [0.15, 0.2) is 41.7 Å². The maximum Gasteiger partial charge on any atom is 0.167 e. The summed E-state index contributed by atoms with van der Waals surface area (Å²) in [4.78, 5) is 13.6. The number of ether oxygens (including phenoxy) is 2. The molecule has 0 amide bonds. The van der Waals surface area contributed by atoms with Gasteiger partial charge in [0.15, 0.2) is 5.78 Å². The average Bonchev–Trinajstić information content (AvgIpc) is 2.96. The van der Waals surface area contributed by atoms with Gasteiger partial charge in [-0.2, -0.15) is 0 Å². The molecule has 0 N–H and O–H groups in total. The van der Waals surface area contributed by atoms with Crippen LogP contribution in [0.25, 0.3) is 0 Å². The first-order chi connectivity index (χ1) is 12.2. The van der Waals surface area contributed by atoms with E-state index in [9.17, 15) is 4.79 Å². The van der Waals surface area contributed by atoms with E-state index in [-0.39, 0.29) is 17.4 Å². The Morgan fingerprint density at radius 2 is 1.84 bits per heavy atom. The molecule has 6 atom stereocenters. The standard InChI is InChI=1S/C22H26O3/c1-3-25-16-12-22(16,15-7-5-4-6-8-15)19-20(23)17-13-9-10-14(11-13)18(17)21(19)24-2/h4-8,13-14,16-18H,3,9-12H2,1-2H3. The quantitative estimate of drug-likeness (QED) is 0.817. The molecule has 0 heterocycles. The van der Waals surface area contributed by atoms with Gasteiger partial charge in [-0.3, -0.25) is 4.79 Å². The van der Waals surface area contributed by atoms with Gasteiger partial charge in [0.25, 0.3) is 0 Å². The van der Waals surface area contributed by atoms with E-state index in [1.165, 1.54) is 24.8 Å². The summed E-state index contributed by atoms with van der Waals surface area (Å²) >= 11 is 0. The molecule has 4 aliphatic carbocycles. The number of allylic oxidation sites excluding steroid dienone is 1. The highest BCUT2D eigenvalue weighted by Crippen LogP contribution is 2.66. The smallest absolute Gasteiger partial charge is 0.167 e. The van der Waals surface area contributed by atoms with Crippen LogP contribution in [0.5, 0.6) is 0 Å². The summed E-state index contributed by atoms with van der Waals surface area (Å²) in [6.45, 7) is 2.71. The number of ketones is 1. The van der Waals surface area contributed by atoms with Crippen molar-refractivity contribution in [2.75, 3.05) is 13.7 Å². The number of carbonyl (C=O) groups is 1. The van der Waals surface area contributed by atoms with Crippen molar-refractivity contribution in [1.29, 1.82) is 0 Å². The zero-order valence-corrected chi connectivity index (χ0v) is 15.0. The predicted molar refractivity (Wildman–Crippen MR) is 95.0 cm³/mol. The minimum atomic E-state index is -0.288. The Morgan fingerprint density at radius 1 is 1.12 bits per heavy atom. The number of fused-ring (bicyclic) bond motifs is 5. The van der Waals surface area contributed by atoms with Crippen LogP contribution in [0.3, 0.4) is 0 Å². The molecule has 25 heavy (non-hydrogen) atoms. The van der Waals surface area contributed by atoms with Crippen LogP contribution >= 0.6 is 0 Å². The topological polar surface area (TPSA) is 35.5 Å². The first kappa shape index (κ1) is 15.6. The number of rotatable bonds is 5. The van der Waals surface area contributed by atoms with Crippen molar-refractivity contribution in [3.05, 3.63) is 47.2 Å². The molecule has 0 saturated heterocycles. The predicted octanol–water partition coefficient (Wildman–Crippen LogP) is 3.88. The molecule has 2 bridgehead atoms. The Kier molecular flexibility index (Phi) is 3.40. The molecule has 0 radical (unpaired) electrons. The minimum Gasteiger partial charge on any atom is -0.500 e. The van der Waals surface area contributed by atoms with Gasteiger partial charge in [0, 0.05) is 24.0 Å². The van der Waals surface area contributed by atoms with Gasteiger partial charge in [-0.25, -0.2) is 0 Å². The number of benzene rings is 1. The molecule has 3 fully saturated rings. The summed E-state index contributed by atoms with van der Waals surface area (Å²) in [7, 11) is 1.76. The van der Waals surface area contributed by atoms with Crippen molar-refractivity contribution in [2.45, 2.75) is 44.1 Å². The van der Waals surface area contributed by atoms with Gasteiger partial charge in [-0.05, 0) is 50.0 Å². The van der Waals surface area contributed by atoms with Crippen LogP contribution in [0.2, 0.25) is 0 Å². The van der Waals surface area contributed by atoms with Crippen LogP contribution < -0.4 is 0 Å². The monoisotopic (exact) mass is 338 g/mol. The molecule has 4 aliphatic rings. The largest absolute Gasteiger partial charge is 0.500 e. The zero-order chi connectivity index (χ0) is 17.2. The molecule has 3 saturated carbocycles. The van der Waals surface area contributed by atoms with E-state index in [4.69, 9.17) is 9.47 Å². The highest BCUT2D eigenvalue weighted by Gasteiger charge is 2.68. The fraction of sp³-hybridized carbons (Fsp3) is 0.591. The molecule has 5 rings (SSSR count). The van der Waals surface area contributed by atoms with E-state index in [2.05, 4.69) is 24.3 Å². The highest BCUT2D eigenvalue weighted by molar-refractivity contribution is 6.04. The number of carbonyl (C=O) groups excluding carboxylic acids is 1. The lowest BCUT2D eigenvalue weighted by Gasteiger charge is -2.24. The Bertz CT molecular complexity index is 737. The summed E-state index contributed by atoms with van der Waals surface area (Å²) in [5.74, 6) is 3.07. The molecule has 1 aromatic carbocycles. The average molecular weight is 338 g/mol. The SMILES string of the molecule is CCOC1CC1(C1=C(OC)C2C3CCC(C3)C2C1=O)c1ccccc1. The maximum atomic E-state index is 13.6. The number of Topliss-reactive ketones (excluding diaryl/α,β-unsaturated/α-hetero) is 1. The molecule has 0 aliphatic heterocycles. The first-order valence-corrected chi connectivity index (χ1v) is 9.72. The van der Waals surface area contributed by atoms with Gasteiger partial charge in [-0.1, -0.05) is 30.3 Å². The van der Waals surface area contributed by atoms with Crippen molar-refractivity contribution in [3.63, 3.8) is 0 Å². The lowest BCUT2D eigenvalue weighted by atomic mass is 9.79. The summed E-state index contributed by atoms with van der Waals surface area (Å²) < 4.78 is 12.0. The van der Waals surface area contributed by atoms with Gasteiger partial charge >= 0.3 is 0 Å². The van der Waals surface area contributed by atoms with Crippen molar-refractivity contribution in [1.82, 2.24) is 0 Å². The summed E-state index contributed by atoms with van der Waals surface area (Å²) in [5, 5.41) is 0. The van der Waals surface area contributed by atoms with Crippen LogP contribution in [-0.4, -0.2) is 25.6 Å². The Balaban J connectivity index is 1.64. The third-order valence-electron chi connectivity index (χ3n) is 7.23. The Morgan fingerprint density at radius 3 is 2.52 bits per heavy atom. The molecule has 3 heteroatoms. The third-order valence-corrected chi connectivity index (χ3v) is 7.23. The third kappa shape index (κ3) is 1.93. The van der Waals surface area contributed by atoms with Crippen LogP contribution in [0.4, 0.5) is 0 Å². The second-order valence-electron chi connectivity index (χ2n) is 8.18. The minimum absolute atomic E-state index is 0.0977. The Hall–Kier alpha value is -1.61. The van der Waals surface area contributed by atoms with Crippen molar-refractivity contribution in [2.24, 2.45) is 23.7 Å². The van der Waals surface area contributed by atoms with E-state index < -0.39 is 0 Å². The van der Waals surface area contributed by atoms with E-state index in [1.54, 1.807) is 7.11 Å². The number of hydrogen-bond donors (Lipinski definition) is 0. The van der Waals surface area contributed by atoms with E-state index in [0.29, 0.717) is 30.1 Å². The van der Waals surface area contributed by atoms with Gasteiger partial charge in [-0.15, -0.1) is 0 Å². The van der Waals surface area contributed by atoms with Gasteiger partial charge in [0.05, 0.1) is 18.6 Å². The van der Waals surface area contributed by atoms with E-state index in [1.807, 2.05) is 13.0 Å². The number of methoxy groups -OCH3 is 1. The van der Waals surface area contributed by atoms with E-state index in [0.717, 1.165) is 17.8 Å². The fourth-order valence-electron chi connectivity index (χ4n) is 6.26. The molecule has 0 aromatic heterocycles. The number of hydrogen-bond acceptors (Lipinski definition) is 3. The van der Waals surface area contributed by atoms with Crippen LogP contribution in [-0.2, 0) is 19.7 Å². The lowest BCUT2D eigenvalue weighted by Crippen LogP contribution is -2.28. The molecule has 1 aromatic rings. The van der Waals surface area contributed by atoms with Crippen molar-refractivity contribution in [3.8, 4) is 0 Å². The van der Waals surface area contributed by atoms with Crippen molar-refractivity contribution < 1.29 is 14.3 Å². The molecular formula is C22H26O3. The van der Waals surface area contributed by atoms with Crippen molar-refractivity contribution >= 4 is 5.78 Å². The fourth-order valence-corrected chi connectivity index (χ4v) is 6.26. The van der Waals surface area contributed by atoms with Gasteiger partial charge in [0.2, 0.25) is 0 Å². The summed E-state index contributed by atoms with van der Waals surface area (Å²) in [6.07, 6.45) is 4.68. The second-order valence-corrected chi connectivity index (χ2v) is 8.18. The van der Waals surface area contributed by atoms with Crippen LogP contribution in [0, 0.1) is 23.7 Å². The van der Waals surface area contributed by atoms with Gasteiger partial charge in [0.1, 0.15) is 5.76 Å². The first-order valence-electron chi connectivity index (χ1n) is 9.72. The van der Waals surface area contributed by atoms with E-state index >= 15 is 0 Å². The van der Waals surface area contributed by atoms with Gasteiger partial charge < -0.3 is 9.47 Å². The second kappa shape index (κ2) is 5.44. The normalized spacial score (nSPS) is 41.4. The summed E-state index contributed by atoms with van der Waals surface area (Å²) in [5.41, 5.74) is 1.87. The molecule has 132 valence electrons. The van der Waals surface area contributed by atoms with Crippen LogP contribution in [0.1, 0.15) is 38.2 Å². The molecule has 0 spiro atoms. The lowest BCUT2D eigenvalue weighted by molar-refractivity contribution is -0.121. The maximum absolute atomic E-state index is 13.6. The highest BCUT2D eigenvalue weighted by atomic mass is 16.5. The Labute approximate surface area is 149 Å².